The van der Waals surface area contributed by atoms with Gasteiger partial charge >= 0.3 is 0 Å². The highest BCUT2D eigenvalue weighted by Gasteiger charge is 2.30. The van der Waals surface area contributed by atoms with Crippen LogP contribution in [0.4, 0.5) is 11.5 Å². The highest BCUT2D eigenvalue weighted by Crippen LogP contribution is 2.34. The van der Waals surface area contributed by atoms with E-state index in [4.69, 9.17) is 0 Å². The molecule has 166 valence electrons. The topological polar surface area (TPSA) is 85.8 Å². The van der Waals surface area contributed by atoms with Crippen molar-refractivity contribution in [2.75, 3.05) is 43.0 Å². The molecule has 4 rings (SSSR count). The van der Waals surface area contributed by atoms with Crippen LogP contribution in [-0.4, -0.2) is 63.5 Å². The number of nitrogens with one attached hydrogen (secondary N) is 1. The molecule has 9 heteroatoms. The summed E-state index contributed by atoms with van der Waals surface area (Å²) in [4.78, 5) is 22.8. The summed E-state index contributed by atoms with van der Waals surface area (Å²) in [6, 6.07) is 8.75. The fourth-order valence-corrected chi connectivity index (χ4v) is 5.44. The first-order chi connectivity index (χ1) is 14.8. The molecule has 8 nitrogen and oxygen atoms in total. The van der Waals surface area contributed by atoms with Crippen molar-refractivity contribution in [1.82, 2.24) is 14.6 Å². The minimum absolute atomic E-state index is 0.0277. The van der Waals surface area contributed by atoms with Crippen LogP contribution in [0.5, 0.6) is 0 Å². The van der Waals surface area contributed by atoms with Crippen molar-refractivity contribution in [2.45, 2.75) is 37.8 Å². The zero-order chi connectivity index (χ0) is 22.2. The standard InChI is InChI=1S/C22H29N5O3S/c1-16-13-19-14-20(6-7-21(19)27(16)17(2)28)31(29,30)24-15-18-5-4-8-23-22(18)26-11-9-25(3)10-12-26/h4-8,14,16,24H,9-13,15H2,1-3H3. The molecule has 1 atom stereocenters. The third-order valence-corrected chi connectivity index (χ3v) is 7.44. The molecule has 2 aliphatic rings. The van der Waals surface area contributed by atoms with E-state index in [0.717, 1.165) is 48.8 Å². The zero-order valence-electron chi connectivity index (χ0n) is 18.2. The number of aromatic nitrogens is 1. The summed E-state index contributed by atoms with van der Waals surface area (Å²) in [7, 11) is -1.60. The largest absolute Gasteiger partial charge is 0.354 e. The van der Waals surface area contributed by atoms with Crippen LogP contribution in [-0.2, 0) is 27.8 Å². The minimum atomic E-state index is -3.70. The number of carbonyl (C=O) groups is 1. The number of fused-ring (bicyclic) bond motifs is 1. The molecule has 2 aliphatic heterocycles. The predicted molar refractivity (Wildman–Crippen MR) is 121 cm³/mol. The molecule has 1 fully saturated rings. The van der Waals surface area contributed by atoms with Gasteiger partial charge < -0.3 is 14.7 Å². The Bertz CT molecular complexity index is 1080. The molecule has 1 aromatic heterocycles. The van der Waals surface area contributed by atoms with Gasteiger partial charge in [0.05, 0.1) is 4.90 Å². The molecular weight excluding hydrogens is 414 g/mol. The van der Waals surface area contributed by atoms with Gasteiger partial charge in [-0.05, 0) is 50.2 Å². The van der Waals surface area contributed by atoms with E-state index >= 15 is 0 Å². The van der Waals surface area contributed by atoms with Crippen LogP contribution in [0.25, 0.3) is 0 Å². The molecule has 0 spiro atoms. The lowest BCUT2D eigenvalue weighted by Gasteiger charge is -2.34. The van der Waals surface area contributed by atoms with Gasteiger partial charge in [-0.1, -0.05) is 6.07 Å². The van der Waals surface area contributed by atoms with Crippen LogP contribution < -0.4 is 14.5 Å². The van der Waals surface area contributed by atoms with E-state index in [9.17, 15) is 13.2 Å². The number of carbonyl (C=O) groups excluding carboxylic acids is 1. The monoisotopic (exact) mass is 443 g/mol. The fourth-order valence-electron chi connectivity index (χ4n) is 4.38. The maximum Gasteiger partial charge on any atom is 0.240 e. The molecule has 2 aromatic rings. The van der Waals surface area contributed by atoms with Crippen molar-refractivity contribution in [1.29, 1.82) is 0 Å². The Kier molecular flexibility index (Phi) is 6.00. The van der Waals surface area contributed by atoms with E-state index in [-0.39, 0.29) is 23.4 Å². The van der Waals surface area contributed by atoms with Crippen molar-refractivity contribution < 1.29 is 13.2 Å². The number of piperazine rings is 1. The van der Waals surface area contributed by atoms with Crippen LogP contribution in [0.1, 0.15) is 25.0 Å². The minimum Gasteiger partial charge on any atom is -0.354 e. The number of pyridine rings is 1. The second-order valence-corrected chi connectivity index (χ2v) is 10.1. The van der Waals surface area contributed by atoms with Crippen molar-refractivity contribution in [3.63, 3.8) is 0 Å². The molecule has 3 heterocycles. The number of hydrogen-bond donors (Lipinski definition) is 1. The first-order valence-electron chi connectivity index (χ1n) is 10.6. The van der Waals surface area contributed by atoms with E-state index < -0.39 is 10.0 Å². The number of hydrogen-bond acceptors (Lipinski definition) is 6. The molecule has 1 amide bonds. The average molecular weight is 444 g/mol. The highest BCUT2D eigenvalue weighted by molar-refractivity contribution is 7.89. The predicted octanol–water partition coefficient (Wildman–Crippen LogP) is 1.61. The molecule has 1 N–H and O–H groups in total. The summed E-state index contributed by atoms with van der Waals surface area (Å²) in [5, 5.41) is 0. The van der Waals surface area contributed by atoms with Gasteiger partial charge in [-0.2, -0.15) is 0 Å². The second-order valence-electron chi connectivity index (χ2n) is 8.33. The Morgan fingerprint density at radius 3 is 2.65 bits per heavy atom. The molecule has 0 radical (unpaired) electrons. The number of benzene rings is 1. The lowest BCUT2D eigenvalue weighted by Crippen LogP contribution is -2.45. The fraction of sp³-hybridized carbons (Fsp3) is 0.455. The number of amides is 1. The zero-order valence-corrected chi connectivity index (χ0v) is 19.0. The maximum absolute atomic E-state index is 13.0. The van der Waals surface area contributed by atoms with Crippen molar-refractivity contribution >= 4 is 27.4 Å². The Hall–Kier alpha value is -2.49. The Balaban J connectivity index is 1.51. The van der Waals surface area contributed by atoms with Gasteiger partial charge in [0.15, 0.2) is 0 Å². The van der Waals surface area contributed by atoms with Crippen LogP contribution in [0.2, 0.25) is 0 Å². The van der Waals surface area contributed by atoms with Crippen LogP contribution >= 0.6 is 0 Å². The van der Waals surface area contributed by atoms with Gasteiger partial charge in [-0.15, -0.1) is 0 Å². The summed E-state index contributed by atoms with van der Waals surface area (Å²) < 4.78 is 28.7. The van der Waals surface area contributed by atoms with E-state index in [2.05, 4.69) is 26.6 Å². The van der Waals surface area contributed by atoms with E-state index in [1.807, 2.05) is 19.1 Å². The number of anilines is 2. The smallest absolute Gasteiger partial charge is 0.240 e. The second kappa shape index (κ2) is 8.57. The normalized spacial score (nSPS) is 19.5. The molecule has 1 unspecified atom stereocenters. The molecule has 0 aliphatic carbocycles. The molecular formula is C22H29N5O3S. The lowest BCUT2D eigenvalue weighted by atomic mass is 10.1. The van der Waals surface area contributed by atoms with Gasteiger partial charge in [-0.3, -0.25) is 4.79 Å². The molecule has 1 aromatic carbocycles. The van der Waals surface area contributed by atoms with Crippen molar-refractivity contribution in [3.05, 3.63) is 47.7 Å². The summed E-state index contributed by atoms with van der Waals surface area (Å²) in [6.45, 7) is 7.30. The van der Waals surface area contributed by atoms with Gasteiger partial charge in [0.2, 0.25) is 15.9 Å². The molecule has 1 saturated heterocycles. The third-order valence-electron chi connectivity index (χ3n) is 6.04. The number of sulfonamides is 1. The van der Waals surface area contributed by atoms with Gasteiger partial charge in [0.1, 0.15) is 5.82 Å². The first kappa shape index (κ1) is 21.7. The van der Waals surface area contributed by atoms with E-state index in [1.165, 1.54) is 6.92 Å². The Morgan fingerprint density at radius 2 is 1.94 bits per heavy atom. The van der Waals surface area contributed by atoms with Crippen molar-refractivity contribution in [3.8, 4) is 0 Å². The summed E-state index contributed by atoms with van der Waals surface area (Å²) in [5.41, 5.74) is 2.53. The lowest BCUT2D eigenvalue weighted by molar-refractivity contribution is -0.116. The molecule has 0 bridgehead atoms. The highest BCUT2D eigenvalue weighted by atomic mass is 32.2. The number of rotatable bonds is 5. The third kappa shape index (κ3) is 4.44. The van der Waals surface area contributed by atoms with Crippen LogP contribution in [0.15, 0.2) is 41.4 Å². The van der Waals surface area contributed by atoms with Gasteiger partial charge in [-0.25, -0.2) is 18.1 Å². The van der Waals surface area contributed by atoms with Crippen LogP contribution in [0, 0.1) is 0 Å². The van der Waals surface area contributed by atoms with E-state index in [0.29, 0.717) is 6.42 Å². The maximum atomic E-state index is 13.0. The summed E-state index contributed by atoms with van der Waals surface area (Å²) in [5.74, 6) is 0.797. The van der Waals surface area contributed by atoms with Gasteiger partial charge in [0.25, 0.3) is 0 Å². The molecule has 0 saturated carbocycles. The summed E-state index contributed by atoms with van der Waals surface area (Å²) in [6.07, 6.45) is 2.39. The van der Waals surface area contributed by atoms with Crippen LogP contribution in [0.3, 0.4) is 0 Å². The number of nitrogens with zero attached hydrogens (tertiary/aromatic N) is 4. The number of likely N-dealkylation sites (N-methyl/N-ethyl adjacent to an activating group) is 1. The van der Waals surface area contributed by atoms with E-state index in [1.54, 1.807) is 29.3 Å². The Labute approximate surface area is 183 Å². The van der Waals surface area contributed by atoms with Gasteiger partial charge in [0, 0.05) is 63.1 Å². The van der Waals surface area contributed by atoms with Crippen molar-refractivity contribution in [2.24, 2.45) is 0 Å². The molecule has 31 heavy (non-hydrogen) atoms. The average Bonchev–Trinajstić information content (AvgIpc) is 3.08. The SMILES string of the molecule is CC(=O)N1c2ccc(S(=O)(=O)NCc3cccnc3N3CCN(C)CC3)cc2CC1C. The quantitative estimate of drug-likeness (QED) is 0.756. The summed E-state index contributed by atoms with van der Waals surface area (Å²) >= 11 is 0. The first-order valence-corrected chi connectivity index (χ1v) is 12.0. The Morgan fingerprint density at radius 1 is 1.19 bits per heavy atom.